The zero-order valence-corrected chi connectivity index (χ0v) is 12.1. The lowest BCUT2D eigenvalue weighted by molar-refractivity contribution is 0.132. The van der Waals surface area contributed by atoms with E-state index in [1.807, 2.05) is 23.7 Å². The van der Waals surface area contributed by atoms with Crippen LogP contribution < -0.4 is 0 Å². The average molecular weight is 276 g/mol. The number of aryl methyl sites for hydroxylation is 2. The Morgan fingerprint density at radius 2 is 2.47 bits per heavy atom. The first-order valence-corrected chi connectivity index (χ1v) is 7.92. The van der Waals surface area contributed by atoms with Crippen LogP contribution >= 0.6 is 11.3 Å². The quantitative estimate of drug-likeness (QED) is 0.932. The van der Waals surface area contributed by atoms with Gasteiger partial charge < -0.3 is 9.67 Å². The molecule has 1 N–H and O–H groups in total. The molecule has 4 heteroatoms. The molecular weight excluding hydrogens is 256 g/mol. The zero-order chi connectivity index (χ0) is 13.2. The number of nitrogens with zero attached hydrogens (tertiary/aromatic N) is 2. The Labute approximate surface area is 117 Å². The Morgan fingerprint density at radius 3 is 3.32 bits per heavy atom. The molecule has 1 aliphatic rings. The number of aromatic nitrogens is 2. The molecule has 1 aliphatic carbocycles. The lowest BCUT2D eigenvalue weighted by atomic mass is 9.82. The summed E-state index contributed by atoms with van der Waals surface area (Å²) in [6.07, 6.45) is 7.61. The van der Waals surface area contributed by atoms with Crippen LogP contribution in [0.5, 0.6) is 0 Å². The summed E-state index contributed by atoms with van der Waals surface area (Å²) in [6.45, 7) is 3.02. The molecule has 2 heterocycles. The predicted octanol–water partition coefficient (Wildman–Crippen LogP) is 2.99. The zero-order valence-electron chi connectivity index (χ0n) is 11.2. The Bertz CT molecular complexity index is 546. The molecule has 0 spiro atoms. The van der Waals surface area contributed by atoms with Crippen molar-refractivity contribution in [2.45, 2.75) is 51.2 Å². The van der Waals surface area contributed by atoms with Crippen LogP contribution in [0.15, 0.2) is 23.8 Å². The van der Waals surface area contributed by atoms with E-state index < -0.39 is 0 Å². The van der Waals surface area contributed by atoms with E-state index in [2.05, 4.69) is 27.9 Å². The fourth-order valence-electron chi connectivity index (χ4n) is 3.07. The molecule has 0 aliphatic heterocycles. The van der Waals surface area contributed by atoms with E-state index in [0.29, 0.717) is 6.42 Å². The maximum atomic E-state index is 10.6. The summed E-state index contributed by atoms with van der Waals surface area (Å²) >= 11 is 1.83. The second-order valence-electron chi connectivity index (χ2n) is 5.20. The van der Waals surface area contributed by atoms with Gasteiger partial charge in [-0.3, -0.25) is 0 Å². The average Bonchev–Trinajstić information content (AvgIpc) is 3.05. The molecule has 3 nitrogen and oxygen atoms in total. The van der Waals surface area contributed by atoms with Gasteiger partial charge in [-0.15, -0.1) is 11.3 Å². The van der Waals surface area contributed by atoms with Crippen molar-refractivity contribution in [2.24, 2.45) is 0 Å². The molecule has 102 valence electrons. The highest BCUT2D eigenvalue weighted by Crippen LogP contribution is 2.37. The van der Waals surface area contributed by atoms with E-state index in [1.165, 1.54) is 23.3 Å². The first-order chi connectivity index (χ1) is 9.29. The third-order valence-electron chi connectivity index (χ3n) is 4.10. The van der Waals surface area contributed by atoms with Crippen molar-refractivity contribution in [1.82, 2.24) is 9.55 Å². The summed E-state index contributed by atoms with van der Waals surface area (Å²) in [5, 5.41) is 12.7. The number of aliphatic hydroxyl groups excluding tert-OH is 1. The fourth-order valence-corrected chi connectivity index (χ4v) is 4.07. The minimum absolute atomic E-state index is 0.289. The summed E-state index contributed by atoms with van der Waals surface area (Å²) in [4.78, 5) is 5.84. The van der Waals surface area contributed by atoms with Crippen molar-refractivity contribution in [3.8, 4) is 0 Å². The van der Waals surface area contributed by atoms with Crippen molar-refractivity contribution in [2.75, 3.05) is 0 Å². The molecule has 0 bridgehead atoms. The monoisotopic (exact) mass is 276 g/mol. The number of imidazole rings is 1. The smallest absolute Gasteiger partial charge is 0.111 e. The minimum Gasteiger partial charge on any atom is -0.392 e. The Morgan fingerprint density at radius 1 is 1.58 bits per heavy atom. The van der Waals surface area contributed by atoms with Crippen molar-refractivity contribution >= 4 is 11.3 Å². The lowest BCUT2D eigenvalue weighted by Crippen LogP contribution is -2.25. The Kier molecular flexibility index (Phi) is 3.71. The van der Waals surface area contributed by atoms with Crippen LogP contribution in [-0.2, 0) is 19.4 Å². The molecule has 0 amide bonds. The first kappa shape index (κ1) is 12.9. The van der Waals surface area contributed by atoms with Crippen LogP contribution in [0.1, 0.15) is 41.9 Å². The molecule has 0 aromatic carbocycles. The fraction of sp³-hybridized carbons (Fsp3) is 0.533. The van der Waals surface area contributed by atoms with Crippen LogP contribution in [0.25, 0.3) is 0 Å². The van der Waals surface area contributed by atoms with Crippen molar-refractivity contribution in [1.29, 1.82) is 0 Å². The molecule has 2 aromatic rings. The molecule has 0 saturated carbocycles. The van der Waals surface area contributed by atoms with Crippen LogP contribution in [0.3, 0.4) is 0 Å². The number of fused-ring (bicyclic) bond motifs is 1. The summed E-state index contributed by atoms with van der Waals surface area (Å²) in [6, 6.07) is 2.19. The summed E-state index contributed by atoms with van der Waals surface area (Å²) in [7, 11) is 0. The van der Waals surface area contributed by atoms with Crippen LogP contribution in [-0.4, -0.2) is 20.8 Å². The number of hydrogen-bond donors (Lipinski definition) is 1. The minimum atomic E-state index is -0.318. The predicted molar refractivity (Wildman–Crippen MR) is 77.6 cm³/mol. The molecular formula is C15H20N2OS. The SMILES string of the molecule is CCn1ccnc1CC(O)C1CCCc2sccc21. The summed E-state index contributed by atoms with van der Waals surface area (Å²) in [5.41, 5.74) is 1.37. The second-order valence-corrected chi connectivity index (χ2v) is 6.20. The van der Waals surface area contributed by atoms with E-state index in [4.69, 9.17) is 0 Å². The first-order valence-electron chi connectivity index (χ1n) is 7.04. The molecule has 3 rings (SSSR count). The highest BCUT2D eigenvalue weighted by molar-refractivity contribution is 7.10. The standard InChI is InChI=1S/C15H20N2OS/c1-2-17-8-7-16-15(17)10-13(18)11-4-3-5-14-12(11)6-9-19-14/h6-9,11,13,18H,2-5,10H2,1H3. The maximum Gasteiger partial charge on any atom is 0.111 e. The van der Waals surface area contributed by atoms with Gasteiger partial charge in [-0.05, 0) is 43.2 Å². The van der Waals surface area contributed by atoms with Gasteiger partial charge in [0.25, 0.3) is 0 Å². The van der Waals surface area contributed by atoms with Crippen molar-refractivity contribution < 1.29 is 5.11 Å². The molecule has 19 heavy (non-hydrogen) atoms. The van der Waals surface area contributed by atoms with Crippen LogP contribution in [0.2, 0.25) is 0 Å². The van der Waals surface area contributed by atoms with Gasteiger partial charge in [-0.1, -0.05) is 0 Å². The summed E-state index contributed by atoms with van der Waals surface area (Å²) in [5.74, 6) is 1.29. The van der Waals surface area contributed by atoms with E-state index in [1.54, 1.807) is 0 Å². The van der Waals surface area contributed by atoms with E-state index in [0.717, 1.165) is 18.8 Å². The molecule has 2 unspecified atom stereocenters. The van der Waals surface area contributed by atoms with Gasteiger partial charge in [0, 0.05) is 36.2 Å². The third kappa shape index (κ3) is 2.47. The molecule has 0 saturated heterocycles. The van der Waals surface area contributed by atoms with Gasteiger partial charge in [0.1, 0.15) is 5.82 Å². The molecule has 0 radical (unpaired) electrons. The summed E-state index contributed by atoms with van der Waals surface area (Å²) < 4.78 is 2.11. The van der Waals surface area contributed by atoms with E-state index >= 15 is 0 Å². The van der Waals surface area contributed by atoms with Gasteiger partial charge >= 0.3 is 0 Å². The van der Waals surface area contributed by atoms with Gasteiger partial charge in [0.05, 0.1) is 6.10 Å². The maximum absolute atomic E-state index is 10.6. The Hall–Kier alpha value is -1.13. The topological polar surface area (TPSA) is 38.0 Å². The van der Waals surface area contributed by atoms with Gasteiger partial charge in [0.15, 0.2) is 0 Å². The lowest BCUT2D eigenvalue weighted by Gasteiger charge is -2.27. The van der Waals surface area contributed by atoms with E-state index in [-0.39, 0.29) is 12.0 Å². The molecule has 2 aromatic heterocycles. The normalized spacial score (nSPS) is 20.2. The number of thiophene rings is 1. The largest absolute Gasteiger partial charge is 0.392 e. The van der Waals surface area contributed by atoms with Gasteiger partial charge in [-0.25, -0.2) is 4.98 Å². The van der Waals surface area contributed by atoms with Gasteiger partial charge in [0.2, 0.25) is 0 Å². The second kappa shape index (κ2) is 5.47. The van der Waals surface area contributed by atoms with Crippen LogP contribution in [0.4, 0.5) is 0 Å². The third-order valence-corrected chi connectivity index (χ3v) is 5.09. The highest BCUT2D eigenvalue weighted by atomic mass is 32.1. The van der Waals surface area contributed by atoms with Crippen molar-refractivity contribution in [3.63, 3.8) is 0 Å². The van der Waals surface area contributed by atoms with Crippen molar-refractivity contribution in [3.05, 3.63) is 40.1 Å². The number of aliphatic hydroxyl groups is 1. The van der Waals surface area contributed by atoms with Crippen LogP contribution in [0, 0.1) is 0 Å². The molecule has 2 atom stereocenters. The number of hydrogen-bond acceptors (Lipinski definition) is 3. The highest BCUT2D eigenvalue weighted by Gasteiger charge is 2.28. The molecule has 0 fully saturated rings. The van der Waals surface area contributed by atoms with E-state index in [9.17, 15) is 5.11 Å². The Balaban J connectivity index is 1.77. The number of rotatable bonds is 4. The van der Waals surface area contributed by atoms with Gasteiger partial charge in [-0.2, -0.15) is 0 Å².